The summed E-state index contributed by atoms with van der Waals surface area (Å²) in [6.45, 7) is 2.71. The number of halogens is 3. The van der Waals surface area contributed by atoms with Gasteiger partial charge >= 0.3 is 0 Å². The highest BCUT2D eigenvalue weighted by Gasteiger charge is 2.45. The molecule has 368 valence electrons. The highest BCUT2D eigenvalue weighted by molar-refractivity contribution is 7.92. The molecule has 24 heteroatoms. The Balaban J connectivity index is 0.756. The first-order valence-electron chi connectivity index (χ1n) is 22.2. The fourth-order valence-corrected chi connectivity index (χ4v) is 10.7. The number of likely N-dealkylation sites (tertiary alicyclic amines) is 1. The standard InChI is InChI=1S/C46H46F3N9O10S2/c47-29-6-3-7-30(48)41(29)70(64,65)56-32-9-2-5-28(38(32)49)39-40(33-12-16-52-46(50)53-33)69-43(55-39)26-13-18-57(19-14-26)36(60)15-20-66-22-24-68-25-23-67-21-17-51-31-8-1-4-27-37(31)45(63)58(44(27)62)34-10-11-35(59)54-42(34)61/h1-9,12,16,26,34,51,56H,10-11,13-15,17-25H2,(H2,50,52,53)(H,54,59,61). The molecule has 5 aromatic rings. The average Bonchev–Trinajstić information content (AvgIpc) is 3.88. The molecule has 1 atom stereocenters. The molecule has 1 unspecified atom stereocenters. The topological polar surface area (TPSA) is 254 Å². The highest BCUT2D eigenvalue weighted by atomic mass is 32.2. The van der Waals surface area contributed by atoms with Crippen molar-refractivity contribution in [3.63, 3.8) is 0 Å². The second-order valence-electron chi connectivity index (χ2n) is 16.2. The van der Waals surface area contributed by atoms with E-state index in [-0.39, 0.29) is 99.1 Å². The average molecular weight is 1010 g/mol. The van der Waals surface area contributed by atoms with E-state index in [0.717, 1.165) is 29.2 Å². The second-order valence-corrected chi connectivity index (χ2v) is 18.8. The van der Waals surface area contributed by atoms with Crippen molar-refractivity contribution < 1.29 is 59.8 Å². The van der Waals surface area contributed by atoms with E-state index in [1.807, 2.05) is 4.72 Å². The van der Waals surface area contributed by atoms with Gasteiger partial charge in [0.25, 0.3) is 21.8 Å². The van der Waals surface area contributed by atoms with E-state index in [9.17, 15) is 41.2 Å². The molecular formula is C46H46F3N9O10S2. The Morgan fingerprint density at radius 3 is 2.17 bits per heavy atom. The Morgan fingerprint density at radius 2 is 1.47 bits per heavy atom. The summed E-state index contributed by atoms with van der Waals surface area (Å²) in [6.07, 6.45) is 2.78. The lowest BCUT2D eigenvalue weighted by Gasteiger charge is -2.31. The minimum atomic E-state index is -4.89. The number of piperidine rings is 2. The molecule has 2 fully saturated rings. The lowest BCUT2D eigenvalue weighted by molar-refractivity contribution is -0.136. The molecule has 3 aliphatic rings. The van der Waals surface area contributed by atoms with E-state index in [1.165, 1.54) is 35.7 Å². The van der Waals surface area contributed by atoms with Gasteiger partial charge in [0.1, 0.15) is 17.7 Å². The van der Waals surface area contributed by atoms with Crippen LogP contribution >= 0.6 is 11.3 Å². The summed E-state index contributed by atoms with van der Waals surface area (Å²) in [4.78, 5) is 78.3. The van der Waals surface area contributed by atoms with Gasteiger partial charge in [-0.1, -0.05) is 18.2 Å². The van der Waals surface area contributed by atoms with Crippen LogP contribution in [-0.4, -0.2) is 128 Å². The van der Waals surface area contributed by atoms with Crippen LogP contribution < -0.4 is 21.1 Å². The van der Waals surface area contributed by atoms with Gasteiger partial charge in [-0.25, -0.2) is 36.5 Å². The van der Waals surface area contributed by atoms with Crippen LogP contribution in [0.25, 0.3) is 21.8 Å². The van der Waals surface area contributed by atoms with Gasteiger partial charge in [-0.2, -0.15) is 0 Å². The van der Waals surface area contributed by atoms with E-state index < -0.39 is 67.7 Å². The van der Waals surface area contributed by atoms with E-state index in [1.54, 1.807) is 23.1 Å². The number of hydrogen-bond donors (Lipinski definition) is 4. The Hall–Kier alpha value is -6.86. The number of nitrogens with one attached hydrogen (secondary N) is 3. The largest absolute Gasteiger partial charge is 0.382 e. The molecule has 5 N–H and O–H groups in total. The van der Waals surface area contributed by atoms with Crippen molar-refractivity contribution in [2.75, 3.05) is 75.0 Å². The van der Waals surface area contributed by atoms with Gasteiger partial charge in [0.15, 0.2) is 10.7 Å². The number of rotatable bonds is 20. The van der Waals surface area contributed by atoms with E-state index >= 15 is 4.39 Å². The van der Waals surface area contributed by atoms with Crippen LogP contribution in [0.2, 0.25) is 0 Å². The molecule has 2 aromatic heterocycles. The molecule has 0 spiro atoms. The smallest absolute Gasteiger partial charge is 0.267 e. The predicted octanol–water partition coefficient (Wildman–Crippen LogP) is 4.73. The fraction of sp³-hybridized carbons (Fsp3) is 0.348. The number of amides is 5. The van der Waals surface area contributed by atoms with Gasteiger partial charge in [0.05, 0.1) is 84.1 Å². The molecule has 2 saturated heterocycles. The van der Waals surface area contributed by atoms with Crippen LogP contribution in [0.4, 0.5) is 30.5 Å². The van der Waals surface area contributed by atoms with Crippen molar-refractivity contribution in [2.45, 2.75) is 49.0 Å². The zero-order valence-corrected chi connectivity index (χ0v) is 38.9. The second kappa shape index (κ2) is 21.8. The summed E-state index contributed by atoms with van der Waals surface area (Å²) >= 11 is 1.25. The van der Waals surface area contributed by atoms with Crippen LogP contribution in [0, 0.1) is 17.5 Å². The number of ether oxygens (including phenoxy) is 3. The maximum atomic E-state index is 16.3. The van der Waals surface area contributed by atoms with Gasteiger partial charge in [0.2, 0.25) is 23.7 Å². The molecule has 0 bridgehead atoms. The van der Waals surface area contributed by atoms with Crippen molar-refractivity contribution in [2.24, 2.45) is 0 Å². The Morgan fingerprint density at radius 1 is 0.814 bits per heavy atom. The van der Waals surface area contributed by atoms with Crippen LogP contribution in [0.3, 0.4) is 0 Å². The maximum Gasteiger partial charge on any atom is 0.267 e. The number of anilines is 3. The molecule has 3 aromatic carbocycles. The summed E-state index contributed by atoms with van der Waals surface area (Å²) in [5, 5.41) is 5.93. The van der Waals surface area contributed by atoms with Crippen molar-refractivity contribution in [1.82, 2.24) is 30.1 Å². The molecule has 0 saturated carbocycles. The van der Waals surface area contributed by atoms with Crippen molar-refractivity contribution in [1.29, 1.82) is 0 Å². The van der Waals surface area contributed by atoms with E-state index in [4.69, 9.17) is 24.9 Å². The number of nitrogen functional groups attached to an aromatic ring is 1. The molecule has 5 heterocycles. The number of nitrogens with zero attached hydrogens (tertiary/aromatic N) is 5. The minimum Gasteiger partial charge on any atom is -0.382 e. The molecule has 3 aliphatic heterocycles. The number of sulfonamides is 1. The Labute approximate surface area is 403 Å². The van der Waals surface area contributed by atoms with Crippen molar-refractivity contribution in [3.05, 3.63) is 100 Å². The molecule has 19 nitrogen and oxygen atoms in total. The third-order valence-corrected chi connectivity index (χ3v) is 14.3. The van der Waals surface area contributed by atoms with Gasteiger partial charge in [0, 0.05) is 49.4 Å². The molecule has 8 rings (SSSR count). The number of thiazole rings is 1. The van der Waals surface area contributed by atoms with Gasteiger partial charge in [-0.15, -0.1) is 11.3 Å². The summed E-state index contributed by atoms with van der Waals surface area (Å²) in [6, 6.07) is 11.8. The van der Waals surface area contributed by atoms with Gasteiger partial charge < -0.3 is 30.2 Å². The zero-order chi connectivity index (χ0) is 49.5. The van der Waals surface area contributed by atoms with Crippen LogP contribution in [-0.2, 0) is 38.6 Å². The number of fused-ring (bicyclic) bond motifs is 1. The molecule has 5 amide bonds. The number of nitrogens with two attached hydrogens (primary N) is 1. The monoisotopic (exact) mass is 1010 g/mol. The normalized spacial score (nSPS) is 16.4. The minimum absolute atomic E-state index is 0.0293. The van der Waals surface area contributed by atoms with E-state index in [2.05, 4.69) is 20.6 Å². The predicted molar refractivity (Wildman–Crippen MR) is 247 cm³/mol. The summed E-state index contributed by atoms with van der Waals surface area (Å²) < 4.78 is 90.0. The lowest BCUT2D eigenvalue weighted by atomic mass is 9.97. The zero-order valence-electron chi connectivity index (χ0n) is 37.3. The van der Waals surface area contributed by atoms with Crippen LogP contribution in [0.1, 0.15) is 63.7 Å². The fourth-order valence-electron chi connectivity index (χ4n) is 8.25. The number of hydrogen-bond acceptors (Lipinski definition) is 16. The number of carbonyl (C=O) groups is 5. The first-order valence-corrected chi connectivity index (χ1v) is 24.5. The van der Waals surface area contributed by atoms with Gasteiger partial charge in [-0.3, -0.25) is 38.9 Å². The SMILES string of the molecule is Nc1nccc(-c2sc(C3CCN(C(=O)CCOCCOCCOCCNc4cccc5c4C(=O)N(C4CCC(=O)NC4=O)C5=O)CC3)nc2-c2cccc(NS(=O)(=O)c3c(F)cccc3F)c2F)n1. The quantitative estimate of drug-likeness (QED) is 0.0608. The number of imide groups is 2. The molecule has 0 aliphatic carbocycles. The third-order valence-electron chi connectivity index (χ3n) is 11.7. The molecule has 70 heavy (non-hydrogen) atoms. The van der Waals surface area contributed by atoms with Crippen molar-refractivity contribution in [3.8, 4) is 21.8 Å². The molecular weight excluding hydrogens is 960 g/mol. The maximum absolute atomic E-state index is 16.3. The Kier molecular flexibility index (Phi) is 15.5. The first kappa shape index (κ1) is 49.6. The third kappa shape index (κ3) is 10.9. The summed E-state index contributed by atoms with van der Waals surface area (Å²) in [5.74, 6) is -6.29. The number of benzene rings is 3. The number of aromatic nitrogens is 3. The number of carbonyl (C=O) groups excluding carboxylic acids is 5. The van der Waals surface area contributed by atoms with E-state index in [0.29, 0.717) is 53.7 Å². The lowest BCUT2D eigenvalue weighted by Crippen LogP contribution is -2.54. The first-order chi connectivity index (χ1) is 33.7. The molecule has 0 radical (unpaired) electrons. The van der Waals surface area contributed by atoms with Crippen LogP contribution in [0.15, 0.2) is 71.8 Å². The summed E-state index contributed by atoms with van der Waals surface area (Å²) in [5.41, 5.74) is 6.48. The van der Waals surface area contributed by atoms with Crippen LogP contribution in [0.5, 0.6) is 0 Å². The highest BCUT2D eigenvalue weighted by Crippen LogP contribution is 2.43. The van der Waals surface area contributed by atoms with Crippen molar-refractivity contribution >= 4 is 68.2 Å². The Bertz CT molecular complexity index is 2920. The van der Waals surface area contributed by atoms with Gasteiger partial charge in [-0.05, 0) is 61.7 Å². The summed E-state index contributed by atoms with van der Waals surface area (Å²) in [7, 11) is -4.89.